The Hall–Kier alpha value is -1.39. The lowest BCUT2D eigenvalue weighted by atomic mass is 9.89. The number of rotatable bonds is 2. The second-order valence-corrected chi connectivity index (χ2v) is 7.72. The van der Waals surface area contributed by atoms with Crippen molar-refractivity contribution in [3.05, 3.63) is 34.7 Å². The summed E-state index contributed by atoms with van der Waals surface area (Å²) in [5, 5.41) is 1.32. The Morgan fingerprint density at radius 3 is 2.73 bits per heavy atom. The second-order valence-electron chi connectivity index (χ2n) is 6.59. The zero-order valence-corrected chi connectivity index (χ0v) is 13.6. The molecular formula is C18H22N2OS. The summed E-state index contributed by atoms with van der Waals surface area (Å²) in [5.74, 6) is -0.161. The van der Waals surface area contributed by atoms with Crippen molar-refractivity contribution in [2.24, 2.45) is 5.73 Å². The summed E-state index contributed by atoms with van der Waals surface area (Å²) < 4.78 is 1.33. The monoisotopic (exact) mass is 314 g/mol. The molecule has 1 saturated carbocycles. The molecular weight excluding hydrogens is 292 g/mol. The van der Waals surface area contributed by atoms with Crippen LogP contribution in [0.2, 0.25) is 0 Å². The highest BCUT2D eigenvalue weighted by atomic mass is 32.1. The lowest BCUT2D eigenvalue weighted by Crippen LogP contribution is -2.52. The van der Waals surface area contributed by atoms with Crippen LogP contribution >= 0.6 is 11.3 Å². The van der Waals surface area contributed by atoms with Crippen molar-refractivity contribution < 1.29 is 4.79 Å². The van der Waals surface area contributed by atoms with Gasteiger partial charge < -0.3 is 5.73 Å². The Morgan fingerprint density at radius 1 is 1.18 bits per heavy atom. The number of thiophene rings is 1. The third-order valence-corrected chi connectivity index (χ3v) is 6.48. The van der Waals surface area contributed by atoms with Gasteiger partial charge in [0.1, 0.15) is 0 Å². The minimum absolute atomic E-state index is 0.131. The standard InChI is InChI=1S/C18H22N2OS/c19-18(21)15-10-14-13-8-4-5-9-16(13)22-17(14)11-20(15)12-6-2-1-3-7-12/h4-5,8-9,12,15H,1-3,6-7,10-11H2,(H2,19,21). The molecule has 0 bridgehead atoms. The van der Waals surface area contributed by atoms with Crippen LogP contribution in [0.3, 0.4) is 0 Å². The molecule has 1 aliphatic carbocycles. The predicted molar refractivity (Wildman–Crippen MR) is 90.9 cm³/mol. The van der Waals surface area contributed by atoms with Crippen LogP contribution in [-0.2, 0) is 17.8 Å². The van der Waals surface area contributed by atoms with Crippen molar-refractivity contribution in [3.63, 3.8) is 0 Å². The molecule has 1 unspecified atom stereocenters. The van der Waals surface area contributed by atoms with Gasteiger partial charge in [-0.05, 0) is 36.3 Å². The van der Waals surface area contributed by atoms with E-state index in [2.05, 4.69) is 29.2 Å². The van der Waals surface area contributed by atoms with E-state index < -0.39 is 0 Å². The molecule has 2 N–H and O–H groups in total. The molecule has 2 heterocycles. The van der Waals surface area contributed by atoms with Crippen LogP contribution in [0.1, 0.15) is 42.5 Å². The number of hydrogen-bond donors (Lipinski definition) is 1. The number of fused-ring (bicyclic) bond motifs is 3. The predicted octanol–water partition coefficient (Wildman–Crippen LogP) is 3.45. The van der Waals surface area contributed by atoms with Crippen LogP contribution in [0.15, 0.2) is 24.3 Å². The fourth-order valence-corrected chi connectivity index (χ4v) is 5.39. The zero-order valence-electron chi connectivity index (χ0n) is 12.8. The first kappa shape index (κ1) is 14.2. The fraction of sp³-hybridized carbons (Fsp3) is 0.500. The van der Waals surface area contributed by atoms with Gasteiger partial charge >= 0.3 is 0 Å². The van der Waals surface area contributed by atoms with Crippen molar-refractivity contribution in [3.8, 4) is 0 Å². The Kier molecular flexibility index (Phi) is 3.66. The fourth-order valence-electron chi connectivity index (χ4n) is 4.15. The average molecular weight is 314 g/mol. The lowest BCUT2D eigenvalue weighted by molar-refractivity contribution is -0.125. The first-order chi connectivity index (χ1) is 10.7. The number of amides is 1. The molecule has 0 saturated heterocycles. The molecule has 2 aliphatic rings. The molecule has 0 spiro atoms. The van der Waals surface area contributed by atoms with Crippen molar-refractivity contribution in [2.75, 3.05) is 0 Å². The molecule has 3 nitrogen and oxygen atoms in total. The van der Waals surface area contributed by atoms with Gasteiger partial charge in [-0.1, -0.05) is 37.5 Å². The van der Waals surface area contributed by atoms with Crippen LogP contribution in [-0.4, -0.2) is 22.9 Å². The smallest absolute Gasteiger partial charge is 0.235 e. The van der Waals surface area contributed by atoms with Gasteiger partial charge in [0.05, 0.1) is 6.04 Å². The highest BCUT2D eigenvalue weighted by molar-refractivity contribution is 7.19. The number of nitrogens with two attached hydrogens (primary N) is 1. The van der Waals surface area contributed by atoms with E-state index in [9.17, 15) is 4.79 Å². The SMILES string of the molecule is NC(=O)C1Cc2c(sc3ccccc23)CN1C1CCCCC1. The summed E-state index contributed by atoms with van der Waals surface area (Å²) in [7, 11) is 0. The minimum Gasteiger partial charge on any atom is -0.368 e. The maximum atomic E-state index is 12.1. The molecule has 22 heavy (non-hydrogen) atoms. The van der Waals surface area contributed by atoms with E-state index in [-0.39, 0.29) is 11.9 Å². The van der Waals surface area contributed by atoms with Crippen molar-refractivity contribution in [1.82, 2.24) is 4.90 Å². The molecule has 4 rings (SSSR count). The van der Waals surface area contributed by atoms with Crippen LogP contribution in [0.25, 0.3) is 10.1 Å². The summed E-state index contributed by atoms with van der Waals surface area (Å²) in [6.45, 7) is 0.896. The number of primary amides is 1. The van der Waals surface area contributed by atoms with Gasteiger partial charge in [0.15, 0.2) is 0 Å². The Bertz CT molecular complexity index is 702. The van der Waals surface area contributed by atoms with Crippen molar-refractivity contribution in [1.29, 1.82) is 0 Å². The second kappa shape index (κ2) is 5.67. The van der Waals surface area contributed by atoms with Crippen molar-refractivity contribution >= 4 is 27.3 Å². The van der Waals surface area contributed by atoms with Gasteiger partial charge in [-0.15, -0.1) is 11.3 Å². The summed E-state index contributed by atoms with van der Waals surface area (Å²) in [5.41, 5.74) is 7.11. The van der Waals surface area contributed by atoms with E-state index in [4.69, 9.17) is 5.73 Å². The summed E-state index contributed by atoms with van der Waals surface area (Å²) >= 11 is 1.89. The molecule has 116 valence electrons. The topological polar surface area (TPSA) is 46.3 Å². The number of nitrogens with zero attached hydrogens (tertiary/aromatic N) is 1. The Labute approximate surface area is 135 Å². The van der Waals surface area contributed by atoms with Crippen LogP contribution in [0.4, 0.5) is 0 Å². The van der Waals surface area contributed by atoms with Gasteiger partial charge in [-0.3, -0.25) is 9.69 Å². The molecule has 1 atom stereocenters. The van der Waals surface area contributed by atoms with Gasteiger partial charge in [-0.2, -0.15) is 0 Å². The minimum atomic E-state index is -0.161. The first-order valence-corrected chi connectivity index (χ1v) is 9.10. The van der Waals surface area contributed by atoms with E-state index >= 15 is 0 Å². The molecule has 1 amide bonds. The molecule has 1 fully saturated rings. The normalized spacial score (nSPS) is 23.5. The van der Waals surface area contributed by atoms with E-state index in [0.717, 1.165) is 13.0 Å². The third kappa shape index (κ3) is 2.34. The van der Waals surface area contributed by atoms with E-state index in [1.807, 2.05) is 11.3 Å². The molecule has 0 radical (unpaired) electrons. The van der Waals surface area contributed by atoms with Crippen LogP contribution in [0, 0.1) is 0 Å². The maximum absolute atomic E-state index is 12.1. The third-order valence-electron chi connectivity index (χ3n) is 5.28. The van der Waals surface area contributed by atoms with E-state index in [1.54, 1.807) is 0 Å². The van der Waals surface area contributed by atoms with Crippen LogP contribution < -0.4 is 5.73 Å². The van der Waals surface area contributed by atoms with Gasteiger partial charge in [0.25, 0.3) is 0 Å². The lowest BCUT2D eigenvalue weighted by Gasteiger charge is -2.41. The highest BCUT2D eigenvalue weighted by Gasteiger charge is 2.36. The average Bonchev–Trinajstić information content (AvgIpc) is 2.92. The van der Waals surface area contributed by atoms with E-state index in [0.29, 0.717) is 6.04 Å². The summed E-state index contributed by atoms with van der Waals surface area (Å²) in [4.78, 5) is 15.9. The van der Waals surface area contributed by atoms with Gasteiger partial charge in [-0.25, -0.2) is 0 Å². The molecule has 1 aromatic heterocycles. The molecule has 1 aliphatic heterocycles. The maximum Gasteiger partial charge on any atom is 0.235 e. The summed E-state index contributed by atoms with van der Waals surface area (Å²) in [6.07, 6.45) is 7.11. The highest BCUT2D eigenvalue weighted by Crippen LogP contribution is 2.39. The Morgan fingerprint density at radius 2 is 1.95 bits per heavy atom. The quantitative estimate of drug-likeness (QED) is 0.923. The zero-order chi connectivity index (χ0) is 15.1. The largest absolute Gasteiger partial charge is 0.368 e. The number of carbonyl (C=O) groups excluding carboxylic acids is 1. The Balaban J connectivity index is 1.72. The van der Waals surface area contributed by atoms with Gasteiger partial charge in [0.2, 0.25) is 5.91 Å². The first-order valence-electron chi connectivity index (χ1n) is 8.28. The van der Waals surface area contributed by atoms with Gasteiger partial charge in [0, 0.05) is 22.2 Å². The molecule has 4 heteroatoms. The number of benzene rings is 1. The number of carbonyl (C=O) groups is 1. The van der Waals surface area contributed by atoms with E-state index in [1.165, 1.54) is 52.6 Å². The molecule has 2 aromatic rings. The molecule has 1 aromatic carbocycles. The van der Waals surface area contributed by atoms with Crippen LogP contribution in [0.5, 0.6) is 0 Å². The van der Waals surface area contributed by atoms with Crippen molar-refractivity contribution in [2.45, 2.75) is 57.2 Å². The number of hydrogen-bond acceptors (Lipinski definition) is 3. The summed E-state index contributed by atoms with van der Waals surface area (Å²) in [6, 6.07) is 8.94.